The number of nitrogens with zero attached hydrogens (tertiary/aromatic N) is 2. The standard InChI is InChI=1S/C21H31Cl2N3O2.HI/c1-3-24-20(26(2)13-16-6-9-28-14-16)25-15-21(7-10-27-11-8-21)18-5-4-17(22)12-19(18)23;/h4-5,12,16H,3,6-11,13-15H2,1-2H3,(H,24,25);1H. The molecule has 3 rings (SSSR count). The molecule has 0 radical (unpaired) electrons. The van der Waals surface area contributed by atoms with Crippen molar-refractivity contribution in [1.29, 1.82) is 0 Å². The van der Waals surface area contributed by atoms with E-state index < -0.39 is 0 Å². The minimum Gasteiger partial charge on any atom is -0.381 e. The first-order valence-electron chi connectivity index (χ1n) is 10.1. The van der Waals surface area contributed by atoms with E-state index in [1.807, 2.05) is 12.1 Å². The van der Waals surface area contributed by atoms with Crippen molar-refractivity contribution in [3.8, 4) is 0 Å². The monoisotopic (exact) mass is 555 g/mol. The maximum absolute atomic E-state index is 6.59. The number of halogens is 3. The molecule has 1 aromatic rings. The highest BCUT2D eigenvalue weighted by atomic mass is 127. The number of ether oxygens (including phenoxy) is 2. The molecule has 1 aromatic carbocycles. The van der Waals surface area contributed by atoms with Crippen molar-refractivity contribution in [3.05, 3.63) is 33.8 Å². The highest BCUT2D eigenvalue weighted by molar-refractivity contribution is 14.0. The van der Waals surface area contributed by atoms with Crippen molar-refractivity contribution in [2.45, 2.75) is 31.6 Å². The first kappa shape index (κ1) is 25.0. The van der Waals surface area contributed by atoms with E-state index in [4.69, 9.17) is 37.7 Å². The van der Waals surface area contributed by atoms with Crippen LogP contribution in [0.1, 0.15) is 31.7 Å². The number of aliphatic imine (C=N–C) groups is 1. The topological polar surface area (TPSA) is 46.1 Å². The van der Waals surface area contributed by atoms with Crippen LogP contribution in [0.25, 0.3) is 0 Å². The van der Waals surface area contributed by atoms with Gasteiger partial charge in [-0.15, -0.1) is 24.0 Å². The number of rotatable bonds is 6. The highest BCUT2D eigenvalue weighted by Crippen LogP contribution is 2.40. The molecule has 1 unspecified atom stereocenters. The smallest absolute Gasteiger partial charge is 0.193 e. The van der Waals surface area contributed by atoms with Gasteiger partial charge in [-0.3, -0.25) is 4.99 Å². The molecule has 2 saturated heterocycles. The molecule has 0 aliphatic carbocycles. The van der Waals surface area contributed by atoms with E-state index in [9.17, 15) is 0 Å². The molecule has 0 saturated carbocycles. The quantitative estimate of drug-likeness (QED) is 0.317. The zero-order valence-corrected chi connectivity index (χ0v) is 21.1. The number of hydrogen-bond acceptors (Lipinski definition) is 3. The molecule has 0 bridgehead atoms. The molecule has 2 fully saturated rings. The lowest BCUT2D eigenvalue weighted by Crippen LogP contribution is -2.43. The fraction of sp³-hybridized carbons (Fsp3) is 0.667. The average Bonchev–Trinajstić information content (AvgIpc) is 3.18. The van der Waals surface area contributed by atoms with Crippen LogP contribution in [0, 0.1) is 5.92 Å². The average molecular weight is 556 g/mol. The largest absolute Gasteiger partial charge is 0.381 e. The molecule has 2 heterocycles. The minimum absolute atomic E-state index is 0. The molecule has 1 atom stereocenters. The van der Waals surface area contributed by atoms with Crippen LogP contribution in [0.3, 0.4) is 0 Å². The first-order valence-corrected chi connectivity index (χ1v) is 10.9. The molecule has 8 heteroatoms. The summed E-state index contributed by atoms with van der Waals surface area (Å²) in [5.41, 5.74) is 0.992. The summed E-state index contributed by atoms with van der Waals surface area (Å²) >= 11 is 12.7. The predicted molar refractivity (Wildman–Crippen MR) is 131 cm³/mol. The Bertz CT molecular complexity index is 678. The van der Waals surface area contributed by atoms with Crippen LogP contribution in [-0.2, 0) is 14.9 Å². The third kappa shape index (κ3) is 6.60. The predicted octanol–water partition coefficient (Wildman–Crippen LogP) is 4.59. The molecule has 0 spiro atoms. The molecular weight excluding hydrogens is 524 g/mol. The van der Waals surface area contributed by atoms with Gasteiger partial charge in [-0.2, -0.15) is 0 Å². The molecule has 0 amide bonds. The Balaban J connectivity index is 0.00000300. The van der Waals surface area contributed by atoms with Gasteiger partial charge in [0.05, 0.1) is 13.2 Å². The van der Waals surface area contributed by atoms with E-state index in [1.165, 1.54) is 0 Å². The van der Waals surface area contributed by atoms with Crippen molar-refractivity contribution < 1.29 is 9.47 Å². The summed E-state index contributed by atoms with van der Waals surface area (Å²) in [6.07, 6.45) is 2.92. The Labute approximate surface area is 201 Å². The Hall–Kier alpha value is -0.280. The summed E-state index contributed by atoms with van der Waals surface area (Å²) < 4.78 is 11.2. The molecule has 2 aliphatic rings. The fourth-order valence-corrected chi connectivity index (χ4v) is 4.70. The molecule has 1 N–H and O–H groups in total. The summed E-state index contributed by atoms with van der Waals surface area (Å²) in [6, 6.07) is 5.80. The van der Waals surface area contributed by atoms with E-state index in [0.29, 0.717) is 22.5 Å². The summed E-state index contributed by atoms with van der Waals surface area (Å²) in [4.78, 5) is 7.26. The number of nitrogens with one attached hydrogen (secondary N) is 1. The van der Waals surface area contributed by atoms with E-state index in [-0.39, 0.29) is 29.4 Å². The van der Waals surface area contributed by atoms with Crippen LogP contribution in [0.15, 0.2) is 23.2 Å². The molecule has 164 valence electrons. The van der Waals surface area contributed by atoms with E-state index in [1.54, 1.807) is 0 Å². The lowest BCUT2D eigenvalue weighted by Gasteiger charge is -2.37. The third-order valence-corrected chi connectivity index (χ3v) is 6.28. The molecule has 5 nitrogen and oxygen atoms in total. The van der Waals surface area contributed by atoms with Gasteiger partial charge in [0.25, 0.3) is 0 Å². The van der Waals surface area contributed by atoms with Crippen LogP contribution in [0.5, 0.6) is 0 Å². The van der Waals surface area contributed by atoms with Gasteiger partial charge in [0.15, 0.2) is 5.96 Å². The van der Waals surface area contributed by atoms with Gasteiger partial charge < -0.3 is 19.7 Å². The number of guanidine groups is 1. The van der Waals surface area contributed by atoms with Crippen LogP contribution in [0.4, 0.5) is 0 Å². The lowest BCUT2D eigenvalue weighted by atomic mass is 9.74. The van der Waals surface area contributed by atoms with Crippen LogP contribution in [0.2, 0.25) is 10.0 Å². The normalized spacial score (nSPS) is 21.5. The molecule has 0 aromatic heterocycles. The Morgan fingerprint density at radius 2 is 2.00 bits per heavy atom. The van der Waals surface area contributed by atoms with E-state index in [2.05, 4.69) is 30.3 Å². The van der Waals surface area contributed by atoms with E-state index >= 15 is 0 Å². The molecule has 29 heavy (non-hydrogen) atoms. The molecular formula is C21H32Cl2IN3O2. The van der Waals surface area contributed by atoms with Crippen molar-refractivity contribution in [3.63, 3.8) is 0 Å². The maximum atomic E-state index is 6.59. The zero-order chi connectivity index (χ0) is 20.0. The second kappa shape index (κ2) is 11.9. The van der Waals surface area contributed by atoms with Crippen molar-refractivity contribution in [1.82, 2.24) is 10.2 Å². The van der Waals surface area contributed by atoms with Gasteiger partial charge in [0.2, 0.25) is 0 Å². The SMILES string of the molecule is CCNC(=NCC1(c2ccc(Cl)cc2Cl)CCOCC1)N(C)CC1CCOC1.I. The van der Waals surface area contributed by atoms with E-state index in [0.717, 1.165) is 70.3 Å². The van der Waals surface area contributed by atoms with Gasteiger partial charge >= 0.3 is 0 Å². The maximum Gasteiger partial charge on any atom is 0.193 e. The van der Waals surface area contributed by atoms with Crippen LogP contribution in [-0.4, -0.2) is 64.0 Å². The summed E-state index contributed by atoms with van der Waals surface area (Å²) in [5.74, 6) is 1.50. The van der Waals surface area contributed by atoms with Crippen LogP contribution >= 0.6 is 47.2 Å². The first-order chi connectivity index (χ1) is 13.5. The zero-order valence-electron chi connectivity index (χ0n) is 17.3. The lowest BCUT2D eigenvalue weighted by molar-refractivity contribution is 0.0530. The second-order valence-electron chi connectivity index (χ2n) is 7.80. The molecule has 2 aliphatic heterocycles. The summed E-state index contributed by atoms with van der Waals surface area (Å²) in [7, 11) is 2.10. The van der Waals surface area contributed by atoms with Crippen molar-refractivity contribution >= 4 is 53.1 Å². The summed E-state index contributed by atoms with van der Waals surface area (Å²) in [6.45, 7) is 7.70. The van der Waals surface area contributed by atoms with Gasteiger partial charge in [-0.25, -0.2) is 0 Å². The third-order valence-electron chi connectivity index (χ3n) is 5.74. The Kier molecular flexibility index (Phi) is 10.3. The highest BCUT2D eigenvalue weighted by Gasteiger charge is 2.36. The van der Waals surface area contributed by atoms with Gasteiger partial charge in [-0.1, -0.05) is 29.3 Å². The van der Waals surface area contributed by atoms with Gasteiger partial charge in [0, 0.05) is 61.3 Å². The van der Waals surface area contributed by atoms with Crippen molar-refractivity contribution in [2.75, 3.05) is 53.1 Å². The Morgan fingerprint density at radius 1 is 1.24 bits per heavy atom. The van der Waals surface area contributed by atoms with Gasteiger partial charge in [-0.05, 0) is 43.9 Å². The number of hydrogen-bond donors (Lipinski definition) is 1. The fourth-order valence-electron chi connectivity index (χ4n) is 4.09. The minimum atomic E-state index is -0.127. The Morgan fingerprint density at radius 3 is 2.62 bits per heavy atom. The summed E-state index contributed by atoms with van der Waals surface area (Å²) in [5, 5.41) is 4.81. The van der Waals surface area contributed by atoms with Crippen LogP contribution < -0.4 is 5.32 Å². The number of benzene rings is 1. The van der Waals surface area contributed by atoms with Gasteiger partial charge in [0.1, 0.15) is 0 Å². The second-order valence-corrected chi connectivity index (χ2v) is 8.64. The van der Waals surface area contributed by atoms with Crippen molar-refractivity contribution in [2.24, 2.45) is 10.9 Å².